The number of anilines is 1. The molecule has 37 heavy (non-hydrogen) atoms. The van der Waals surface area contributed by atoms with Crippen molar-refractivity contribution in [1.82, 2.24) is 24.8 Å². The maximum absolute atomic E-state index is 12.4. The van der Waals surface area contributed by atoms with Crippen molar-refractivity contribution in [1.29, 1.82) is 0 Å². The number of carbonyl (C=O) groups is 1. The third kappa shape index (κ3) is 5.34. The number of carbonyl (C=O) groups excluding carboxylic acids is 1. The minimum absolute atomic E-state index is 0. The van der Waals surface area contributed by atoms with Crippen LogP contribution in [0.25, 0.3) is 11.0 Å². The number of hydrogen-bond donors (Lipinski definition) is 3. The summed E-state index contributed by atoms with van der Waals surface area (Å²) < 4.78 is 1.59. The Balaban J connectivity index is 0.00000160. The lowest BCUT2D eigenvalue weighted by Gasteiger charge is -2.37. The van der Waals surface area contributed by atoms with E-state index in [-0.39, 0.29) is 42.8 Å². The smallest absolute Gasteiger partial charge is 0.251 e. The molecule has 0 bridgehead atoms. The number of halogens is 3. The third-order valence-electron chi connectivity index (χ3n) is 7.02. The van der Waals surface area contributed by atoms with Gasteiger partial charge in [0.05, 0.1) is 38.9 Å². The molecule has 0 unspecified atom stereocenters. The molecule has 3 aromatic rings. The molecule has 3 N–H and O–H groups in total. The predicted octanol–water partition coefficient (Wildman–Crippen LogP) is 2.79. The van der Waals surface area contributed by atoms with E-state index < -0.39 is 5.60 Å². The molecular weight excluding hydrogens is 559 g/mol. The molecular formula is C24H27Cl3N6O3S. The first kappa shape index (κ1) is 28.1. The second-order valence-electron chi connectivity index (χ2n) is 9.42. The van der Waals surface area contributed by atoms with Crippen molar-refractivity contribution < 1.29 is 9.90 Å². The van der Waals surface area contributed by atoms with Crippen LogP contribution in [0.2, 0.25) is 5.02 Å². The van der Waals surface area contributed by atoms with Gasteiger partial charge in [0, 0.05) is 37.0 Å². The van der Waals surface area contributed by atoms with E-state index in [1.54, 1.807) is 16.8 Å². The van der Waals surface area contributed by atoms with Gasteiger partial charge in [0.1, 0.15) is 11.4 Å². The lowest BCUT2D eigenvalue weighted by molar-refractivity contribution is -0.113. The highest BCUT2D eigenvalue weighted by Gasteiger charge is 2.42. The van der Waals surface area contributed by atoms with Gasteiger partial charge in [-0.15, -0.1) is 36.6 Å². The number of nitrogens with zero attached hydrogens (tertiary/aromatic N) is 4. The number of rotatable bonds is 5. The van der Waals surface area contributed by atoms with E-state index in [0.717, 1.165) is 36.5 Å². The van der Waals surface area contributed by atoms with Crippen molar-refractivity contribution in [3.05, 3.63) is 57.1 Å². The molecule has 9 nitrogen and oxygen atoms in total. The summed E-state index contributed by atoms with van der Waals surface area (Å²) in [5, 5.41) is 18.5. The number of likely N-dealkylation sites (tertiary alicyclic amines) is 1. The summed E-state index contributed by atoms with van der Waals surface area (Å²) in [4.78, 5) is 36.2. The van der Waals surface area contributed by atoms with Crippen LogP contribution in [0.5, 0.6) is 0 Å². The fourth-order valence-corrected chi connectivity index (χ4v) is 6.40. The lowest BCUT2D eigenvalue weighted by Crippen LogP contribution is -2.48. The van der Waals surface area contributed by atoms with Gasteiger partial charge >= 0.3 is 0 Å². The van der Waals surface area contributed by atoms with Crippen molar-refractivity contribution >= 4 is 70.9 Å². The molecule has 6 rings (SSSR count). The molecule has 0 spiro atoms. The lowest BCUT2D eigenvalue weighted by atomic mass is 9.94. The first-order valence-corrected chi connectivity index (χ1v) is 13.1. The van der Waals surface area contributed by atoms with Gasteiger partial charge in [-0.05, 0) is 44.1 Å². The largest absolute Gasteiger partial charge is 0.382 e. The minimum atomic E-state index is -1.23. The number of pyridine rings is 3. The van der Waals surface area contributed by atoms with Gasteiger partial charge in [-0.25, -0.2) is 4.98 Å². The van der Waals surface area contributed by atoms with E-state index in [9.17, 15) is 14.7 Å². The van der Waals surface area contributed by atoms with E-state index in [1.807, 2.05) is 12.1 Å². The molecule has 3 aliphatic rings. The van der Waals surface area contributed by atoms with Gasteiger partial charge in [0.2, 0.25) is 5.91 Å². The molecule has 13 heteroatoms. The maximum Gasteiger partial charge on any atom is 0.251 e. The Kier molecular flexibility index (Phi) is 8.40. The zero-order valence-electron chi connectivity index (χ0n) is 19.8. The number of hydrogen-bond acceptors (Lipinski definition) is 8. The van der Waals surface area contributed by atoms with Gasteiger partial charge in [-0.3, -0.25) is 19.5 Å². The SMILES string of the molecule is Cl.Cl.O=C1CSc2ccc(CNC3CCN(C[C@@]4(O)Cn5c(=O)ccc6ncc(Cl)c4c65)CC3)nc2N1. The second-order valence-corrected chi connectivity index (χ2v) is 10.8. The van der Waals surface area contributed by atoms with E-state index in [0.29, 0.717) is 52.3 Å². The van der Waals surface area contributed by atoms with Gasteiger partial charge < -0.3 is 20.3 Å². The Hall–Kier alpha value is -1.92. The van der Waals surface area contributed by atoms with E-state index in [2.05, 4.69) is 25.5 Å². The summed E-state index contributed by atoms with van der Waals surface area (Å²) >= 11 is 7.98. The molecule has 1 atom stereocenters. The highest BCUT2D eigenvalue weighted by atomic mass is 35.5. The number of aliphatic hydroxyl groups is 1. The zero-order valence-corrected chi connectivity index (χ0v) is 23.0. The van der Waals surface area contributed by atoms with Crippen LogP contribution in [0.1, 0.15) is 24.1 Å². The van der Waals surface area contributed by atoms with Crippen molar-refractivity contribution in [2.75, 3.05) is 30.7 Å². The molecule has 0 aromatic carbocycles. The summed E-state index contributed by atoms with van der Waals surface area (Å²) in [7, 11) is 0. The molecule has 1 fully saturated rings. The second kappa shape index (κ2) is 11.1. The monoisotopic (exact) mass is 584 g/mol. The molecule has 0 radical (unpaired) electrons. The molecule has 1 saturated heterocycles. The van der Waals surface area contributed by atoms with E-state index >= 15 is 0 Å². The summed E-state index contributed by atoms with van der Waals surface area (Å²) in [6.07, 6.45) is 3.42. The normalized spacial score (nSPS) is 21.2. The standard InChI is InChI=1S/C24H25ClN6O3S.2ClH/c25-16-10-27-17-2-4-20(33)31-13-24(34,21(16)22(17)31)12-30-7-5-14(6-8-30)26-9-15-1-3-18-23(28-15)29-19(32)11-35-18;;/h1-4,10,14,26,34H,5-9,11-13H2,(H,28,29,32);2*1H/t24-;;/m1../s1. The zero-order chi connectivity index (χ0) is 24.2. The number of aromatic nitrogens is 3. The van der Waals surface area contributed by atoms with Gasteiger partial charge in [0.15, 0.2) is 0 Å². The molecule has 0 saturated carbocycles. The Morgan fingerprint density at radius 2 is 1.97 bits per heavy atom. The van der Waals surface area contributed by atoms with Crippen molar-refractivity contribution in [2.45, 2.75) is 42.5 Å². The van der Waals surface area contributed by atoms with Gasteiger partial charge in [-0.1, -0.05) is 11.6 Å². The molecule has 198 valence electrons. The van der Waals surface area contributed by atoms with Crippen LogP contribution in [-0.2, 0) is 23.5 Å². The third-order valence-corrected chi connectivity index (χ3v) is 8.35. The van der Waals surface area contributed by atoms with E-state index in [4.69, 9.17) is 11.6 Å². The van der Waals surface area contributed by atoms with Crippen molar-refractivity contribution in [2.24, 2.45) is 0 Å². The molecule has 3 aromatic heterocycles. The number of nitrogens with one attached hydrogen (secondary N) is 2. The van der Waals surface area contributed by atoms with Crippen LogP contribution in [0.15, 0.2) is 40.2 Å². The summed E-state index contributed by atoms with van der Waals surface area (Å²) in [5.74, 6) is 1.06. The van der Waals surface area contributed by atoms with Crippen molar-refractivity contribution in [3.63, 3.8) is 0 Å². The molecule has 6 heterocycles. The van der Waals surface area contributed by atoms with Crippen LogP contribution in [0, 0.1) is 0 Å². The Labute approximate surface area is 235 Å². The number of amides is 1. The maximum atomic E-state index is 12.4. The number of β-amino-alcohol motifs (C(OH)–C–C–N with tert-alkyl or cyclic N) is 1. The molecule has 0 aliphatic carbocycles. The Morgan fingerprint density at radius 3 is 2.76 bits per heavy atom. The topological polar surface area (TPSA) is 112 Å². The van der Waals surface area contributed by atoms with E-state index in [1.165, 1.54) is 17.8 Å². The van der Waals surface area contributed by atoms with Gasteiger partial charge in [-0.2, -0.15) is 0 Å². The average Bonchev–Trinajstić information content (AvgIpc) is 3.17. The first-order chi connectivity index (χ1) is 16.9. The van der Waals surface area contributed by atoms with Crippen molar-refractivity contribution in [3.8, 4) is 0 Å². The summed E-state index contributed by atoms with van der Waals surface area (Å²) in [5.41, 5.74) is 1.41. The van der Waals surface area contributed by atoms with Gasteiger partial charge in [0.25, 0.3) is 5.56 Å². The van der Waals surface area contributed by atoms with Crippen LogP contribution in [0.3, 0.4) is 0 Å². The molecule has 1 amide bonds. The van der Waals surface area contributed by atoms with Crippen LogP contribution >= 0.6 is 48.2 Å². The minimum Gasteiger partial charge on any atom is -0.382 e. The number of thioether (sulfide) groups is 1. The fourth-order valence-electron chi connectivity index (χ4n) is 5.32. The number of piperidine rings is 1. The predicted molar refractivity (Wildman–Crippen MR) is 149 cm³/mol. The van der Waals surface area contributed by atoms with Crippen LogP contribution < -0.4 is 16.2 Å². The van der Waals surface area contributed by atoms with Crippen LogP contribution in [-0.4, -0.2) is 61.9 Å². The highest BCUT2D eigenvalue weighted by Crippen LogP contribution is 2.40. The Bertz CT molecular complexity index is 1400. The summed E-state index contributed by atoms with van der Waals surface area (Å²) in [6, 6.07) is 7.52. The first-order valence-electron chi connectivity index (χ1n) is 11.7. The fraction of sp³-hybridized carbons (Fsp3) is 0.417. The van der Waals surface area contributed by atoms with Crippen LogP contribution in [0.4, 0.5) is 5.82 Å². The summed E-state index contributed by atoms with van der Waals surface area (Å²) in [6.45, 7) is 2.86. The molecule has 3 aliphatic heterocycles. The quantitative estimate of drug-likeness (QED) is 0.419. The number of fused-ring (bicyclic) bond motifs is 1. The Morgan fingerprint density at radius 1 is 1.19 bits per heavy atom. The average molecular weight is 586 g/mol. The highest BCUT2D eigenvalue weighted by molar-refractivity contribution is 8.00.